The summed E-state index contributed by atoms with van der Waals surface area (Å²) in [7, 11) is 0. The number of amides is 1. The standard InChI is InChI=1S/C20H20ClN3O/c21-15-6-7-17-16(10-15)18(14-4-2-1-3-5-14)19(23-17)20(25)24-9-8-13(11-22)12-24/h1-7,10,13,23H,8-9,11-12,22H2/t13-/m1/s1. The highest BCUT2D eigenvalue weighted by Crippen LogP contribution is 2.35. The summed E-state index contributed by atoms with van der Waals surface area (Å²) in [6.45, 7) is 2.10. The van der Waals surface area contributed by atoms with E-state index in [1.54, 1.807) is 0 Å². The van der Waals surface area contributed by atoms with Crippen molar-refractivity contribution in [2.45, 2.75) is 6.42 Å². The van der Waals surface area contributed by atoms with Gasteiger partial charge in [-0.15, -0.1) is 0 Å². The molecule has 1 aliphatic heterocycles. The van der Waals surface area contributed by atoms with Crippen molar-refractivity contribution >= 4 is 28.4 Å². The minimum absolute atomic E-state index is 0.0297. The molecule has 1 amide bonds. The maximum atomic E-state index is 13.2. The summed E-state index contributed by atoms with van der Waals surface area (Å²) in [5.74, 6) is 0.421. The van der Waals surface area contributed by atoms with Crippen LogP contribution in [-0.4, -0.2) is 35.4 Å². The quantitative estimate of drug-likeness (QED) is 0.749. The number of benzene rings is 2. The van der Waals surface area contributed by atoms with E-state index in [1.807, 2.05) is 53.4 Å². The van der Waals surface area contributed by atoms with Crippen LogP contribution in [0.3, 0.4) is 0 Å². The summed E-state index contributed by atoms with van der Waals surface area (Å²) in [6.07, 6.45) is 0.967. The Hall–Kier alpha value is -2.30. The first-order valence-electron chi connectivity index (χ1n) is 8.53. The molecule has 0 radical (unpaired) electrons. The molecule has 1 aromatic heterocycles. The number of hydrogen-bond donors (Lipinski definition) is 2. The summed E-state index contributed by atoms with van der Waals surface area (Å²) in [5, 5.41) is 1.63. The molecule has 3 N–H and O–H groups in total. The van der Waals surface area contributed by atoms with Crippen LogP contribution in [0.1, 0.15) is 16.9 Å². The Morgan fingerprint density at radius 3 is 2.76 bits per heavy atom. The third-order valence-electron chi connectivity index (χ3n) is 4.94. The van der Waals surface area contributed by atoms with E-state index in [9.17, 15) is 4.79 Å². The van der Waals surface area contributed by atoms with Crippen LogP contribution in [0.5, 0.6) is 0 Å². The number of nitrogens with two attached hydrogens (primary N) is 1. The van der Waals surface area contributed by atoms with Gasteiger partial charge in [0.15, 0.2) is 0 Å². The molecule has 25 heavy (non-hydrogen) atoms. The molecule has 0 bridgehead atoms. The molecular formula is C20H20ClN3O. The predicted octanol–water partition coefficient (Wildman–Crippen LogP) is 3.91. The maximum absolute atomic E-state index is 13.2. The minimum atomic E-state index is 0.0297. The summed E-state index contributed by atoms with van der Waals surface area (Å²) in [5.41, 5.74) is 9.24. The number of halogens is 1. The van der Waals surface area contributed by atoms with Crippen molar-refractivity contribution in [1.82, 2.24) is 9.88 Å². The van der Waals surface area contributed by atoms with Gasteiger partial charge in [0.05, 0.1) is 0 Å². The van der Waals surface area contributed by atoms with Crippen LogP contribution in [0.4, 0.5) is 0 Å². The van der Waals surface area contributed by atoms with Gasteiger partial charge in [-0.2, -0.15) is 0 Å². The topological polar surface area (TPSA) is 62.1 Å². The average molecular weight is 354 g/mol. The molecule has 4 rings (SSSR count). The number of aromatic nitrogens is 1. The lowest BCUT2D eigenvalue weighted by Gasteiger charge is -2.16. The van der Waals surface area contributed by atoms with E-state index < -0.39 is 0 Å². The summed E-state index contributed by atoms with van der Waals surface area (Å²) in [6, 6.07) is 15.6. The lowest BCUT2D eigenvalue weighted by Crippen LogP contribution is -2.30. The Labute approximate surface area is 151 Å². The first-order valence-corrected chi connectivity index (χ1v) is 8.91. The molecule has 1 aliphatic rings. The number of nitrogens with one attached hydrogen (secondary N) is 1. The zero-order valence-electron chi connectivity index (χ0n) is 13.8. The highest BCUT2D eigenvalue weighted by molar-refractivity contribution is 6.31. The van der Waals surface area contributed by atoms with E-state index in [0.717, 1.165) is 41.5 Å². The van der Waals surface area contributed by atoms with Gasteiger partial charge < -0.3 is 15.6 Å². The van der Waals surface area contributed by atoms with Gasteiger partial charge in [-0.1, -0.05) is 41.9 Å². The lowest BCUT2D eigenvalue weighted by molar-refractivity contribution is 0.0783. The second-order valence-electron chi connectivity index (χ2n) is 6.57. The second kappa shape index (κ2) is 6.54. The van der Waals surface area contributed by atoms with Gasteiger partial charge in [-0.05, 0) is 42.6 Å². The number of carbonyl (C=O) groups is 1. The molecule has 1 fully saturated rings. The second-order valence-corrected chi connectivity index (χ2v) is 7.01. The molecule has 128 valence electrons. The van der Waals surface area contributed by atoms with Crippen LogP contribution in [-0.2, 0) is 0 Å². The number of likely N-dealkylation sites (tertiary alicyclic amines) is 1. The Morgan fingerprint density at radius 1 is 1.24 bits per heavy atom. The Kier molecular flexibility index (Phi) is 4.24. The monoisotopic (exact) mass is 353 g/mol. The third kappa shape index (κ3) is 2.92. The number of carbonyl (C=O) groups excluding carboxylic acids is 1. The molecule has 2 aromatic carbocycles. The van der Waals surface area contributed by atoms with Gasteiger partial charge >= 0.3 is 0 Å². The van der Waals surface area contributed by atoms with Crippen LogP contribution < -0.4 is 5.73 Å². The van der Waals surface area contributed by atoms with Crippen LogP contribution in [0.15, 0.2) is 48.5 Å². The predicted molar refractivity (Wildman–Crippen MR) is 102 cm³/mol. The molecule has 2 heterocycles. The van der Waals surface area contributed by atoms with Crippen molar-refractivity contribution in [3.63, 3.8) is 0 Å². The average Bonchev–Trinajstić information content (AvgIpc) is 3.26. The number of hydrogen-bond acceptors (Lipinski definition) is 2. The van der Waals surface area contributed by atoms with E-state index in [0.29, 0.717) is 23.2 Å². The molecule has 3 aromatic rings. The van der Waals surface area contributed by atoms with Gasteiger partial charge in [-0.3, -0.25) is 4.79 Å². The van der Waals surface area contributed by atoms with Gasteiger partial charge in [0, 0.05) is 34.6 Å². The highest BCUT2D eigenvalue weighted by Gasteiger charge is 2.29. The minimum Gasteiger partial charge on any atom is -0.350 e. The molecule has 1 atom stereocenters. The molecule has 1 saturated heterocycles. The van der Waals surface area contributed by atoms with Gasteiger partial charge in [-0.25, -0.2) is 0 Å². The Morgan fingerprint density at radius 2 is 2.04 bits per heavy atom. The molecule has 0 unspecified atom stereocenters. The number of H-pyrrole nitrogens is 1. The van der Waals surface area contributed by atoms with Crippen molar-refractivity contribution in [3.8, 4) is 11.1 Å². The summed E-state index contributed by atoms with van der Waals surface area (Å²) < 4.78 is 0. The zero-order valence-corrected chi connectivity index (χ0v) is 14.6. The van der Waals surface area contributed by atoms with Crippen LogP contribution in [0.25, 0.3) is 22.0 Å². The fraction of sp³-hybridized carbons (Fsp3) is 0.250. The Bertz CT molecular complexity index is 919. The van der Waals surface area contributed by atoms with Gasteiger partial charge in [0.1, 0.15) is 5.69 Å². The van der Waals surface area contributed by atoms with Crippen molar-refractivity contribution in [2.24, 2.45) is 11.7 Å². The fourth-order valence-electron chi connectivity index (χ4n) is 3.60. The van der Waals surface area contributed by atoms with Crippen LogP contribution >= 0.6 is 11.6 Å². The van der Waals surface area contributed by atoms with E-state index in [1.165, 1.54) is 0 Å². The Balaban J connectivity index is 1.84. The number of nitrogens with zero attached hydrogens (tertiary/aromatic N) is 1. The van der Waals surface area contributed by atoms with Crippen LogP contribution in [0, 0.1) is 5.92 Å². The smallest absolute Gasteiger partial charge is 0.270 e. The molecular weight excluding hydrogens is 334 g/mol. The first-order chi connectivity index (χ1) is 12.2. The molecule has 4 nitrogen and oxygen atoms in total. The van der Waals surface area contributed by atoms with Crippen molar-refractivity contribution in [1.29, 1.82) is 0 Å². The van der Waals surface area contributed by atoms with Gasteiger partial charge in [0.2, 0.25) is 0 Å². The van der Waals surface area contributed by atoms with E-state index in [2.05, 4.69) is 4.98 Å². The molecule has 0 aliphatic carbocycles. The highest BCUT2D eigenvalue weighted by atomic mass is 35.5. The van der Waals surface area contributed by atoms with Crippen molar-refractivity contribution < 1.29 is 4.79 Å². The molecule has 0 spiro atoms. The number of aromatic amines is 1. The van der Waals surface area contributed by atoms with E-state index in [-0.39, 0.29) is 5.91 Å². The number of rotatable bonds is 3. The van der Waals surface area contributed by atoms with E-state index >= 15 is 0 Å². The normalized spacial score (nSPS) is 17.4. The summed E-state index contributed by atoms with van der Waals surface area (Å²) in [4.78, 5) is 18.4. The maximum Gasteiger partial charge on any atom is 0.270 e. The van der Waals surface area contributed by atoms with E-state index in [4.69, 9.17) is 17.3 Å². The SMILES string of the molecule is NC[C@H]1CCN(C(=O)c2[nH]c3ccc(Cl)cc3c2-c2ccccc2)C1. The lowest BCUT2D eigenvalue weighted by atomic mass is 10.0. The first kappa shape index (κ1) is 16.2. The molecule has 0 saturated carbocycles. The van der Waals surface area contributed by atoms with Crippen molar-refractivity contribution in [3.05, 3.63) is 59.2 Å². The number of fused-ring (bicyclic) bond motifs is 1. The van der Waals surface area contributed by atoms with Gasteiger partial charge in [0.25, 0.3) is 5.91 Å². The fourth-order valence-corrected chi connectivity index (χ4v) is 3.77. The molecule has 5 heteroatoms. The largest absolute Gasteiger partial charge is 0.350 e. The zero-order chi connectivity index (χ0) is 17.4. The van der Waals surface area contributed by atoms with Crippen LogP contribution in [0.2, 0.25) is 5.02 Å². The summed E-state index contributed by atoms with van der Waals surface area (Å²) >= 11 is 6.21. The third-order valence-corrected chi connectivity index (χ3v) is 5.18. The van der Waals surface area contributed by atoms with Crippen molar-refractivity contribution in [2.75, 3.05) is 19.6 Å².